The first-order valence-corrected chi connectivity index (χ1v) is 7.90. The molecule has 4 nitrogen and oxygen atoms in total. The van der Waals surface area contributed by atoms with Crippen LogP contribution in [0.4, 0.5) is 0 Å². The molecule has 2 heterocycles. The standard InChI is InChI=1S/C15H19BrN2O2/c16-13-3-1-11(2-4-13)14-10-18(7-8-20-14)15(19)12-5-6-17-9-12/h1-4,12,14,17H,5-10H2. The average Bonchev–Trinajstić information content (AvgIpc) is 3.01. The fourth-order valence-electron chi connectivity index (χ4n) is 2.85. The SMILES string of the molecule is O=C(C1CCNC1)N1CCOC(c2ccc(Br)cc2)C1. The molecular weight excluding hydrogens is 320 g/mol. The Labute approximate surface area is 127 Å². The summed E-state index contributed by atoms with van der Waals surface area (Å²) in [4.78, 5) is 14.4. The van der Waals surface area contributed by atoms with Gasteiger partial charge in [0.1, 0.15) is 6.10 Å². The highest BCUT2D eigenvalue weighted by Gasteiger charge is 2.31. The average molecular weight is 339 g/mol. The fourth-order valence-corrected chi connectivity index (χ4v) is 3.12. The van der Waals surface area contributed by atoms with Crippen molar-refractivity contribution < 1.29 is 9.53 Å². The molecule has 0 aliphatic carbocycles. The van der Waals surface area contributed by atoms with Gasteiger partial charge in [-0.3, -0.25) is 4.79 Å². The number of carbonyl (C=O) groups is 1. The van der Waals surface area contributed by atoms with Crippen LogP contribution in [-0.2, 0) is 9.53 Å². The van der Waals surface area contributed by atoms with Crippen molar-refractivity contribution >= 4 is 21.8 Å². The summed E-state index contributed by atoms with van der Waals surface area (Å²) in [5.41, 5.74) is 1.13. The van der Waals surface area contributed by atoms with Gasteiger partial charge >= 0.3 is 0 Å². The van der Waals surface area contributed by atoms with Crippen LogP contribution in [0.15, 0.2) is 28.7 Å². The van der Waals surface area contributed by atoms with E-state index in [0.29, 0.717) is 19.7 Å². The summed E-state index contributed by atoms with van der Waals surface area (Å²) in [7, 11) is 0. The first-order chi connectivity index (χ1) is 9.74. The predicted octanol–water partition coefficient (Wildman–Crippen LogP) is 1.96. The maximum atomic E-state index is 12.5. The zero-order valence-electron chi connectivity index (χ0n) is 11.3. The zero-order chi connectivity index (χ0) is 13.9. The van der Waals surface area contributed by atoms with E-state index in [1.165, 1.54) is 0 Å². The van der Waals surface area contributed by atoms with E-state index in [0.717, 1.165) is 29.5 Å². The van der Waals surface area contributed by atoms with E-state index in [-0.39, 0.29) is 17.9 Å². The van der Waals surface area contributed by atoms with Crippen LogP contribution >= 0.6 is 15.9 Å². The van der Waals surface area contributed by atoms with Gasteiger partial charge in [-0.2, -0.15) is 0 Å². The van der Waals surface area contributed by atoms with Crippen LogP contribution in [0.3, 0.4) is 0 Å². The van der Waals surface area contributed by atoms with Gasteiger partial charge in [-0.25, -0.2) is 0 Å². The molecule has 2 saturated heterocycles. The summed E-state index contributed by atoms with van der Waals surface area (Å²) in [6.07, 6.45) is 0.953. The molecule has 2 unspecified atom stereocenters. The lowest BCUT2D eigenvalue weighted by Gasteiger charge is -2.34. The number of carbonyl (C=O) groups excluding carboxylic acids is 1. The van der Waals surface area contributed by atoms with Gasteiger partial charge in [0.05, 0.1) is 19.1 Å². The van der Waals surface area contributed by atoms with Gasteiger partial charge in [-0.1, -0.05) is 28.1 Å². The minimum atomic E-state index is -0.00448. The summed E-state index contributed by atoms with van der Waals surface area (Å²) < 4.78 is 6.88. The van der Waals surface area contributed by atoms with Crippen molar-refractivity contribution in [3.05, 3.63) is 34.3 Å². The lowest BCUT2D eigenvalue weighted by Crippen LogP contribution is -2.45. The lowest BCUT2D eigenvalue weighted by molar-refractivity contribution is -0.142. The highest BCUT2D eigenvalue weighted by atomic mass is 79.9. The molecule has 2 aliphatic heterocycles. The number of ether oxygens (including phenoxy) is 1. The third-order valence-electron chi connectivity index (χ3n) is 4.03. The van der Waals surface area contributed by atoms with Crippen LogP contribution in [0.2, 0.25) is 0 Å². The molecule has 20 heavy (non-hydrogen) atoms. The third kappa shape index (κ3) is 3.05. The normalized spacial score (nSPS) is 26.8. The second-order valence-corrected chi connectivity index (χ2v) is 6.30. The molecule has 1 N–H and O–H groups in total. The lowest BCUT2D eigenvalue weighted by atomic mass is 10.0. The minimum absolute atomic E-state index is 0.00448. The zero-order valence-corrected chi connectivity index (χ0v) is 12.9. The molecule has 0 radical (unpaired) electrons. The van der Waals surface area contributed by atoms with E-state index in [1.54, 1.807) is 0 Å². The number of amides is 1. The van der Waals surface area contributed by atoms with Crippen molar-refractivity contribution in [3.63, 3.8) is 0 Å². The van der Waals surface area contributed by atoms with Crippen molar-refractivity contribution in [1.29, 1.82) is 0 Å². The fraction of sp³-hybridized carbons (Fsp3) is 0.533. The second kappa shape index (κ2) is 6.24. The summed E-state index contributed by atoms with van der Waals surface area (Å²) in [6, 6.07) is 8.14. The molecule has 0 spiro atoms. The maximum Gasteiger partial charge on any atom is 0.227 e. The molecule has 0 saturated carbocycles. The van der Waals surface area contributed by atoms with Crippen molar-refractivity contribution in [3.8, 4) is 0 Å². The highest BCUT2D eigenvalue weighted by Crippen LogP contribution is 2.25. The molecule has 1 amide bonds. The molecule has 5 heteroatoms. The Hall–Kier alpha value is -0.910. The Morgan fingerprint density at radius 1 is 1.35 bits per heavy atom. The van der Waals surface area contributed by atoms with E-state index in [9.17, 15) is 4.79 Å². The molecule has 1 aromatic rings. The highest BCUT2D eigenvalue weighted by molar-refractivity contribution is 9.10. The topological polar surface area (TPSA) is 41.6 Å². The van der Waals surface area contributed by atoms with Gasteiger partial charge in [-0.15, -0.1) is 0 Å². The number of hydrogen-bond acceptors (Lipinski definition) is 3. The summed E-state index contributed by atoms with van der Waals surface area (Å²) in [5.74, 6) is 0.430. The van der Waals surface area contributed by atoms with Crippen LogP contribution in [0.1, 0.15) is 18.1 Å². The Bertz CT molecular complexity index is 471. The third-order valence-corrected chi connectivity index (χ3v) is 4.56. The van der Waals surface area contributed by atoms with Crippen molar-refractivity contribution in [2.75, 3.05) is 32.8 Å². The van der Waals surface area contributed by atoms with Crippen LogP contribution < -0.4 is 5.32 Å². The number of benzene rings is 1. The molecule has 0 bridgehead atoms. The van der Waals surface area contributed by atoms with Crippen LogP contribution in [-0.4, -0.2) is 43.6 Å². The molecule has 108 valence electrons. The van der Waals surface area contributed by atoms with Gasteiger partial charge in [0, 0.05) is 17.6 Å². The molecule has 2 atom stereocenters. The Morgan fingerprint density at radius 3 is 2.85 bits per heavy atom. The quantitative estimate of drug-likeness (QED) is 0.896. The Kier molecular flexibility index (Phi) is 4.38. The molecule has 2 aliphatic rings. The van der Waals surface area contributed by atoms with Crippen LogP contribution in [0, 0.1) is 5.92 Å². The molecule has 1 aromatic carbocycles. The van der Waals surface area contributed by atoms with Gasteiger partial charge in [-0.05, 0) is 30.7 Å². The number of hydrogen-bond donors (Lipinski definition) is 1. The number of halogens is 1. The largest absolute Gasteiger partial charge is 0.370 e. The first-order valence-electron chi connectivity index (χ1n) is 7.10. The smallest absolute Gasteiger partial charge is 0.227 e. The van der Waals surface area contributed by atoms with E-state index >= 15 is 0 Å². The molecule has 0 aromatic heterocycles. The number of rotatable bonds is 2. The summed E-state index contributed by atoms with van der Waals surface area (Å²) in [6.45, 7) is 3.77. The van der Waals surface area contributed by atoms with Crippen molar-refractivity contribution in [2.24, 2.45) is 5.92 Å². The first kappa shape index (κ1) is 14.0. The molecule has 2 fully saturated rings. The van der Waals surface area contributed by atoms with E-state index < -0.39 is 0 Å². The van der Waals surface area contributed by atoms with E-state index in [4.69, 9.17) is 4.74 Å². The molecular formula is C15H19BrN2O2. The molecule has 3 rings (SSSR count). The Morgan fingerprint density at radius 2 is 2.15 bits per heavy atom. The number of nitrogens with zero attached hydrogens (tertiary/aromatic N) is 1. The van der Waals surface area contributed by atoms with E-state index in [2.05, 4.69) is 33.4 Å². The monoisotopic (exact) mass is 338 g/mol. The van der Waals surface area contributed by atoms with Gasteiger partial charge in [0.2, 0.25) is 5.91 Å². The minimum Gasteiger partial charge on any atom is -0.370 e. The van der Waals surface area contributed by atoms with Gasteiger partial charge in [0.25, 0.3) is 0 Å². The van der Waals surface area contributed by atoms with Crippen LogP contribution in [0.25, 0.3) is 0 Å². The predicted molar refractivity (Wildman–Crippen MR) is 80.4 cm³/mol. The second-order valence-electron chi connectivity index (χ2n) is 5.38. The Balaban J connectivity index is 1.66. The number of nitrogens with one attached hydrogen (secondary N) is 1. The summed E-state index contributed by atoms with van der Waals surface area (Å²) in [5, 5.41) is 3.26. The summed E-state index contributed by atoms with van der Waals surface area (Å²) >= 11 is 3.44. The van der Waals surface area contributed by atoms with Crippen molar-refractivity contribution in [1.82, 2.24) is 10.2 Å². The van der Waals surface area contributed by atoms with Gasteiger partial charge in [0.15, 0.2) is 0 Å². The van der Waals surface area contributed by atoms with Gasteiger partial charge < -0.3 is 15.0 Å². The number of morpholine rings is 1. The van der Waals surface area contributed by atoms with Crippen molar-refractivity contribution in [2.45, 2.75) is 12.5 Å². The van der Waals surface area contributed by atoms with E-state index in [1.807, 2.05) is 17.0 Å². The maximum absolute atomic E-state index is 12.5. The van der Waals surface area contributed by atoms with Crippen LogP contribution in [0.5, 0.6) is 0 Å².